The minimum Gasteiger partial charge on any atom is -0.367 e. The summed E-state index contributed by atoms with van der Waals surface area (Å²) in [6, 6.07) is 0. The van der Waals surface area contributed by atoms with Gasteiger partial charge >= 0.3 is 0 Å². The fraction of sp³-hybridized carbons (Fsp3) is 0.800. The van der Waals surface area contributed by atoms with Crippen molar-refractivity contribution in [2.75, 3.05) is 6.61 Å². The van der Waals surface area contributed by atoms with Crippen molar-refractivity contribution >= 4 is 0 Å². The number of aliphatic hydroxyl groups is 1. The predicted octanol–water partition coefficient (Wildman–Crippen LogP) is 1.84. The van der Waals surface area contributed by atoms with Crippen LogP contribution < -0.4 is 0 Å². The van der Waals surface area contributed by atoms with Crippen LogP contribution in [0.1, 0.15) is 32.1 Å². The molecule has 1 N–H and O–H groups in total. The molecule has 0 aromatic carbocycles. The molecule has 1 saturated heterocycles. The Kier molecular flexibility index (Phi) is 2.20. The first-order chi connectivity index (χ1) is 5.83. The van der Waals surface area contributed by atoms with Crippen LogP contribution in [-0.4, -0.2) is 18.0 Å². The van der Waals surface area contributed by atoms with Gasteiger partial charge in [-0.05, 0) is 25.7 Å². The summed E-state index contributed by atoms with van der Waals surface area (Å²) in [4.78, 5) is 0. The summed E-state index contributed by atoms with van der Waals surface area (Å²) in [5.74, 6) is 0. The highest BCUT2D eigenvalue weighted by Gasteiger charge is 2.40. The Labute approximate surface area is 73.2 Å². The summed E-state index contributed by atoms with van der Waals surface area (Å²) < 4.78 is 5.21. The molecule has 0 radical (unpaired) electrons. The Hall–Kier alpha value is -0.340. The molecule has 12 heavy (non-hydrogen) atoms. The number of hydrogen-bond acceptors (Lipinski definition) is 2. The van der Waals surface area contributed by atoms with Gasteiger partial charge in [0.05, 0.1) is 6.61 Å². The largest absolute Gasteiger partial charge is 0.367 e. The molecule has 1 fully saturated rings. The molecular formula is C10H16O2. The van der Waals surface area contributed by atoms with Gasteiger partial charge in [-0.25, -0.2) is 0 Å². The van der Waals surface area contributed by atoms with Crippen molar-refractivity contribution in [1.82, 2.24) is 0 Å². The Morgan fingerprint density at radius 1 is 1.33 bits per heavy atom. The normalized spacial score (nSPS) is 41.9. The van der Waals surface area contributed by atoms with E-state index in [2.05, 4.69) is 12.2 Å². The summed E-state index contributed by atoms with van der Waals surface area (Å²) in [6.45, 7) is 0.714. The molecule has 1 aliphatic carbocycles. The van der Waals surface area contributed by atoms with E-state index in [1.54, 1.807) is 0 Å². The number of ether oxygens (including phenoxy) is 1. The van der Waals surface area contributed by atoms with Crippen LogP contribution in [0.15, 0.2) is 12.2 Å². The Balaban J connectivity index is 2.15. The maximum Gasteiger partial charge on any atom is 0.163 e. The Bertz CT molecular complexity index is 188. The molecule has 0 saturated carbocycles. The van der Waals surface area contributed by atoms with E-state index in [4.69, 9.17) is 4.74 Å². The lowest BCUT2D eigenvalue weighted by atomic mass is 9.81. The van der Waals surface area contributed by atoms with Gasteiger partial charge in [0, 0.05) is 5.41 Å². The molecule has 0 aromatic heterocycles. The van der Waals surface area contributed by atoms with Crippen molar-refractivity contribution in [3.8, 4) is 0 Å². The summed E-state index contributed by atoms with van der Waals surface area (Å²) in [6.07, 6.45) is 9.54. The molecule has 1 spiro atoms. The van der Waals surface area contributed by atoms with E-state index in [9.17, 15) is 5.11 Å². The van der Waals surface area contributed by atoms with Gasteiger partial charge < -0.3 is 9.84 Å². The molecule has 0 bridgehead atoms. The van der Waals surface area contributed by atoms with Gasteiger partial charge in [0.15, 0.2) is 6.29 Å². The van der Waals surface area contributed by atoms with E-state index in [1.165, 1.54) is 12.8 Å². The first-order valence-electron chi connectivity index (χ1n) is 4.81. The van der Waals surface area contributed by atoms with Gasteiger partial charge in [0.25, 0.3) is 0 Å². The molecule has 1 heterocycles. The van der Waals surface area contributed by atoms with Gasteiger partial charge in [0.1, 0.15) is 0 Å². The van der Waals surface area contributed by atoms with Crippen LogP contribution in [0.5, 0.6) is 0 Å². The maximum absolute atomic E-state index is 9.66. The van der Waals surface area contributed by atoms with Crippen LogP contribution >= 0.6 is 0 Å². The quantitative estimate of drug-likeness (QED) is 0.559. The zero-order valence-electron chi connectivity index (χ0n) is 7.33. The fourth-order valence-electron chi connectivity index (χ4n) is 2.18. The predicted molar refractivity (Wildman–Crippen MR) is 46.6 cm³/mol. The lowest BCUT2D eigenvalue weighted by Crippen LogP contribution is -2.28. The number of hydrogen-bond donors (Lipinski definition) is 1. The van der Waals surface area contributed by atoms with Crippen LogP contribution in [0.3, 0.4) is 0 Å². The standard InChI is InChI=1S/C10H16O2/c11-9-10(7-8-12-9)5-3-1-2-4-6-10/h3,5,9,11H,1-2,4,6-8H2/t9-,10-/m1/s1. The second-order valence-electron chi connectivity index (χ2n) is 3.85. The van der Waals surface area contributed by atoms with E-state index in [-0.39, 0.29) is 5.41 Å². The van der Waals surface area contributed by atoms with Gasteiger partial charge in [-0.1, -0.05) is 18.6 Å². The SMILES string of the molecule is O[C@@H]1OCC[C@]12C=CCCCC2. The molecule has 0 amide bonds. The molecule has 68 valence electrons. The van der Waals surface area contributed by atoms with E-state index < -0.39 is 6.29 Å². The van der Waals surface area contributed by atoms with Crippen molar-refractivity contribution in [2.45, 2.75) is 38.4 Å². The topological polar surface area (TPSA) is 29.5 Å². The Morgan fingerprint density at radius 3 is 3.00 bits per heavy atom. The van der Waals surface area contributed by atoms with Crippen LogP contribution in [-0.2, 0) is 4.74 Å². The second-order valence-corrected chi connectivity index (χ2v) is 3.85. The molecule has 2 atom stereocenters. The molecule has 0 aromatic rings. The summed E-state index contributed by atoms with van der Waals surface area (Å²) in [5, 5.41) is 9.66. The minimum absolute atomic E-state index is 0.0312. The second kappa shape index (κ2) is 3.19. The number of rotatable bonds is 0. The van der Waals surface area contributed by atoms with E-state index in [1.807, 2.05) is 0 Å². The van der Waals surface area contributed by atoms with Gasteiger partial charge in [-0.15, -0.1) is 0 Å². The minimum atomic E-state index is -0.549. The third-order valence-electron chi connectivity index (χ3n) is 3.05. The van der Waals surface area contributed by atoms with Gasteiger partial charge in [-0.2, -0.15) is 0 Å². The molecule has 2 nitrogen and oxygen atoms in total. The van der Waals surface area contributed by atoms with E-state index in [0.29, 0.717) is 6.61 Å². The maximum atomic E-state index is 9.66. The molecular weight excluding hydrogens is 152 g/mol. The monoisotopic (exact) mass is 168 g/mol. The van der Waals surface area contributed by atoms with Crippen LogP contribution in [0.25, 0.3) is 0 Å². The zero-order valence-corrected chi connectivity index (χ0v) is 7.33. The van der Waals surface area contributed by atoms with Crippen molar-refractivity contribution in [3.63, 3.8) is 0 Å². The molecule has 0 unspecified atom stereocenters. The number of aliphatic hydroxyl groups excluding tert-OH is 1. The van der Waals surface area contributed by atoms with Crippen molar-refractivity contribution < 1.29 is 9.84 Å². The van der Waals surface area contributed by atoms with Gasteiger partial charge in [0.2, 0.25) is 0 Å². The zero-order chi connectivity index (χ0) is 8.44. The highest BCUT2D eigenvalue weighted by molar-refractivity contribution is 5.05. The van der Waals surface area contributed by atoms with Gasteiger partial charge in [-0.3, -0.25) is 0 Å². The van der Waals surface area contributed by atoms with Crippen molar-refractivity contribution in [3.05, 3.63) is 12.2 Å². The highest BCUT2D eigenvalue weighted by atomic mass is 16.6. The lowest BCUT2D eigenvalue weighted by Gasteiger charge is -2.26. The average Bonchev–Trinajstić information content (AvgIpc) is 2.33. The average molecular weight is 168 g/mol. The summed E-state index contributed by atoms with van der Waals surface area (Å²) >= 11 is 0. The lowest BCUT2D eigenvalue weighted by molar-refractivity contribution is -0.105. The molecule has 2 aliphatic rings. The third-order valence-corrected chi connectivity index (χ3v) is 3.05. The highest BCUT2D eigenvalue weighted by Crippen LogP contribution is 2.41. The summed E-state index contributed by atoms with van der Waals surface area (Å²) in [5.41, 5.74) is -0.0312. The Morgan fingerprint density at radius 2 is 2.25 bits per heavy atom. The van der Waals surface area contributed by atoms with Crippen LogP contribution in [0, 0.1) is 5.41 Å². The van der Waals surface area contributed by atoms with Crippen molar-refractivity contribution in [1.29, 1.82) is 0 Å². The number of allylic oxidation sites excluding steroid dienone is 1. The summed E-state index contributed by atoms with van der Waals surface area (Å²) in [7, 11) is 0. The molecule has 1 aliphatic heterocycles. The first-order valence-corrected chi connectivity index (χ1v) is 4.81. The van der Waals surface area contributed by atoms with E-state index >= 15 is 0 Å². The van der Waals surface area contributed by atoms with E-state index in [0.717, 1.165) is 19.3 Å². The van der Waals surface area contributed by atoms with Crippen LogP contribution in [0.4, 0.5) is 0 Å². The first kappa shape index (κ1) is 8.27. The third kappa shape index (κ3) is 1.29. The fourth-order valence-corrected chi connectivity index (χ4v) is 2.18. The smallest absolute Gasteiger partial charge is 0.163 e. The van der Waals surface area contributed by atoms with Crippen molar-refractivity contribution in [2.24, 2.45) is 5.41 Å². The van der Waals surface area contributed by atoms with Crippen LogP contribution in [0.2, 0.25) is 0 Å². The molecule has 2 heteroatoms. The molecule has 2 rings (SSSR count).